The van der Waals surface area contributed by atoms with Crippen LogP contribution in [0, 0.1) is 5.92 Å². The summed E-state index contributed by atoms with van der Waals surface area (Å²) in [4.78, 5) is 0. The van der Waals surface area contributed by atoms with E-state index in [1.165, 1.54) is 19.9 Å². The van der Waals surface area contributed by atoms with Gasteiger partial charge in [0.25, 0.3) is 5.92 Å². The molecular weight excluding hydrogens is 208 g/mol. The fourth-order valence-corrected chi connectivity index (χ4v) is 1.61. The Kier molecular flexibility index (Phi) is 4.03. The van der Waals surface area contributed by atoms with E-state index >= 15 is 0 Å². The van der Waals surface area contributed by atoms with E-state index in [4.69, 9.17) is 5.73 Å². The van der Waals surface area contributed by atoms with Crippen LogP contribution in [0.15, 0.2) is 24.3 Å². The molecule has 0 aliphatic carbocycles. The summed E-state index contributed by atoms with van der Waals surface area (Å²) < 4.78 is 27.5. The van der Waals surface area contributed by atoms with Crippen LogP contribution in [0.3, 0.4) is 0 Å². The highest BCUT2D eigenvalue weighted by Crippen LogP contribution is 2.35. The molecule has 1 unspecified atom stereocenters. The first-order chi connectivity index (χ1) is 7.34. The first kappa shape index (κ1) is 13.1. The first-order valence-electron chi connectivity index (χ1n) is 5.57. The molecule has 0 spiro atoms. The molecule has 0 bridgehead atoms. The van der Waals surface area contributed by atoms with Crippen molar-refractivity contribution in [2.75, 3.05) is 0 Å². The second-order valence-corrected chi connectivity index (χ2v) is 4.66. The van der Waals surface area contributed by atoms with Crippen LogP contribution >= 0.6 is 0 Å². The lowest BCUT2D eigenvalue weighted by molar-refractivity contribution is -0.0514. The number of hydrogen-bond acceptors (Lipinski definition) is 1. The number of hydrogen-bond donors (Lipinski definition) is 1. The molecule has 0 radical (unpaired) electrons. The van der Waals surface area contributed by atoms with E-state index in [0.717, 1.165) is 5.56 Å². The predicted octanol–water partition coefficient (Wildman–Crippen LogP) is 3.32. The first-order valence-corrected chi connectivity index (χ1v) is 5.57. The van der Waals surface area contributed by atoms with Crippen molar-refractivity contribution >= 4 is 0 Å². The molecule has 0 fully saturated rings. The van der Waals surface area contributed by atoms with E-state index in [-0.39, 0.29) is 11.6 Å². The third-order valence-corrected chi connectivity index (χ3v) is 2.59. The summed E-state index contributed by atoms with van der Waals surface area (Å²) in [5.74, 6) is -3.47. The lowest BCUT2D eigenvalue weighted by atomic mass is 9.95. The molecule has 90 valence electrons. The maximum atomic E-state index is 13.8. The number of rotatable bonds is 4. The number of nitrogens with two attached hydrogens (primary N) is 1. The third kappa shape index (κ3) is 3.01. The lowest BCUT2D eigenvalue weighted by Gasteiger charge is -2.21. The quantitative estimate of drug-likeness (QED) is 0.839. The van der Waals surface area contributed by atoms with Gasteiger partial charge >= 0.3 is 0 Å². The van der Waals surface area contributed by atoms with Gasteiger partial charge < -0.3 is 5.73 Å². The van der Waals surface area contributed by atoms with Crippen LogP contribution in [0.2, 0.25) is 0 Å². The summed E-state index contributed by atoms with van der Waals surface area (Å²) in [5.41, 5.74) is 6.61. The zero-order valence-corrected chi connectivity index (χ0v) is 10.0. The van der Waals surface area contributed by atoms with Crippen molar-refractivity contribution in [1.82, 2.24) is 0 Å². The van der Waals surface area contributed by atoms with E-state index < -0.39 is 11.8 Å². The number of alkyl halides is 2. The summed E-state index contributed by atoms with van der Waals surface area (Å²) in [6, 6.07) is 6.53. The molecule has 1 nitrogen and oxygen atoms in total. The van der Waals surface area contributed by atoms with Crippen LogP contribution in [0.25, 0.3) is 0 Å². The lowest BCUT2D eigenvalue weighted by Crippen LogP contribution is -2.22. The van der Waals surface area contributed by atoms with Gasteiger partial charge in [-0.3, -0.25) is 0 Å². The van der Waals surface area contributed by atoms with Gasteiger partial charge in [-0.1, -0.05) is 32.0 Å². The summed E-state index contributed by atoms with van der Waals surface area (Å²) in [6.45, 7) is 4.92. The van der Waals surface area contributed by atoms with E-state index in [1.807, 2.05) is 13.0 Å². The summed E-state index contributed by atoms with van der Waals surface area (Å²) >= 11 is 0. The number of halogens is 2. The summed E-state index contributed by atoms with van der Waals surface area (Å²) in [5, 5.41) is 0. The third-order valence-electron chi connectivity index (χ3n) is 2.59. The zero-order valence-electron chi connectivity index (χ0n) is 10.0. The Balaban J connectivity index is 2.98. The van der Waals surface area contributed by atoms with Gasteiger partial charge in [0.15, 0.2) is 0 Å². The molecule has 0 aromatic heterocycles. The van der Waals surface area contributed by atoms with Gasteiger partial charge in [-0.15, -0.1) is 0 Å². The Bertz CT molecular complexity index is 346. The molecule has 1 rings (SSSR count). The molecule has 16 heavy (non-hydrogen) atoms. The maximum absolute atomic E-state index is 13.8. The standard InChI is InChI=1S/C13H19F2N/c1-9(2)13(14,15)12-6-4-5-11(8-12)7-10(3)16/h4-6,8-10H,7,16H2,1-3H3. The zero-order chi connectivity index (χ0) is 12.3. The molecule has 1 aromatic rings. The topological polar surface area (TPSA) is 26.0 Å². The van der Waals surface area contributed by atoms with Crippen LogP contribution in [-0.2, 0) is 12.3 Å². The minimum Gasteiger partial charge on any atom is -0.328 e. The van der Waals surface area contributed by atoms with Crippen LogP contribution in [0.4, 0.5) is 8.78 Å². The monoisotopic (exact) mass is 227 g/mol. The van der Waals surface area contributed by atoms with Gasteiger partial charge in [0, 0.05) is 17.5 Å². The van der Waals surface area contributed by atoms with E-state index in [9.17, 15) is 8.78 Å². The van der Waals surface area contributed by atoms with Gasteiger partial charge in [0.2, 0.25) is 0 Å². The Morgan fingerprint density at radius 1 is 1.25 bits per heavy atom. The average Bonchev–Trinajstić information content (AvgIpc) is 2.16. The Hall–Kier alpha value is -0.960. The van der Waals surface area contributed by atoms with Crippen molar-refractivity contribution in [1.29, 1.82) is 0 Å². The summed E-state index contributed by atoms with van der Waals surface area (Å²) in [7, 11) is 0. The van der Waals surface area contributed by atoms with Crippen LogP contribution in [-0.4, -0.2) is 6.04 Å². The Labute approximate surface area is 95.7 Å². The highest BCUT2D eigenvalue weighted by Gasteiger charge is 2.35. The fraction of sp³-hybridized carbons (Fsp3) is 0.538. The number of benzene rings is 1. The highest BCUT2D eigenvalue weighted by atomic mass is 19.3. The summed E-state index contributed by atoms with van der Waals surface area (Å²) in [6.07, 6.45) is 0.627. The fourth-order valence-electron chi connectivity index (χ4n) is 1.61. The smallest absolute Gasteiger partial charge is 0.275 e. The average molecular weight is 227 g/mol. The van der Waals surface area contributed by atoms with Gasteiger partial charge in [-0.25, -0.2) is 8.78 Å². The Morgan fingerprint density at radius 2 is 1.88 bits per heavy atom. The van der Waals surface area contributed by atoms with E-state index in [1.54, 1.807) is 12.1 Å². The minimum absolute atomic E-state index is 0.0112. The second kappa shape index (κ2) is 4.91. The Morgan fingerprint density at radius 3 is 2.38 bits per heavy atom. The molecular formula is C13H19F2N. The largest absolute Gasteiger partial charge is 0.328 e. The second-order valence-electron chi connectivity index (χ2n) is 4.66. The predicted molar refractivity (Wildman–Crippen MR) is 62.5 cm³/mol. The van der Waals surface area contributed by atoms with Crippen LogP contribution < -0.4 is 5.73 Å². The van der Waals surface area contributed by atoms with Gasteiger partial charge in [0.1, 0.15) is 0 Å². The van der Waals surface area contributed by atoms with Gasteiger partial charge in [-0.2, -0.15) is 0 Å². The van der Waals surface area contributed by atoms with Crippen molar-refractivity contribution in [3.05, 3.63) is 35.4 Å². The van der Waals surface area contributed by atoms with E-state index in [2.05, 4.69) is 0 Å². The molecule has 2 N–H and O–H groups in total. The molecule has 1 aromatic carbocycles. The van der Waals surface area contributed by atoms with Crippen molar-refractivity contribution in [2.24, 2.45) is 11.7 Å². The van der Waals surface area contributed by atoms with Gasteiger partial charge in [0.05, 0.1) is 0 Å². The molecule has 0 saturated heterocycles. The van der Waals surface area contributed by atoms with Gasteiger partial charge in [-0.05, 0) is 25.0 Å². The molecule has 0 heterocycles. The molecule has 0 aliphatic rings. The SMILES string of the molecule is CC(N)Cc1cccc(C(F)(F)C(C)C)c1. The van der Waals surface area contributed by atoms with Crippen molar-refractivity contribution in [3.63, 3.8) is 0 Å². The van der Waals surface area contributed by atoms with Crippen molar-refractivity contribution in [2.45, 2.75) is 39.2 Å². The highest BCUT2D eigenvalue weighted by molar-refractivity contribution is 5.27. The molecule has 0 amide bonds. The maximum Gasteiger partial charge on any atom is 0.275 e. The molecule has 0 saturated carbocycles. The van der Waals surface area contributed by atoms with Crippen LogP contribution in [0.5, 0.6) is 0 Å². The van der Waals surface area contributed by atoms with Crippen LogP contribution in [0.1, 0.15) is 31.9 Å². The normalized spacial score (nSPS) is 14.2. The molecule has 3 heteroatoms. The van der Waals surface area contributed by atoms with E-state index in [0.29, 0.717) is 6.42 Å². The molecule has 1 atom stereocenters. The minimum atomic E-state index is -2.77. The van der Waals surface area contributed by atoms with Crippen molar-refractivity contribution < 1.29 is 8.78 Å². The molecule has 0 aliphatic heterocycles. The van der Waals surface area contributed by atoms with Crippen molar-refractivity contribution in [3.8, 4) is 0 Å².